The van der Waals surface area contributed by atoms with E-state index in [0.29, 0.717) is 6.04 Å². The highest BCUT2D eigenvalue weighted by Crippen LogP contribution is 2.53. The summed E-state index contributed by atoms with van der Waals surface area (Å²) in [4.78, 5) is 7.75. The monoisotopic (exact) mass is 449 g/mol. The SMILES string of the molecule is COc1cccc(N2CCN(c3c(C)c(C)c4c(c3C)C(N3CCCC3)C(C)(C)O4)CC2)c1. The number of fused-ring (bicyclic) bond motifs is 1. The summed E-state index contributed by atoms with van der Waals surface area (Å²) < 4.78 is 12.1. The zero-order valence-corrected chi connectivity index (χ0v) is 21.2. The molecule has 3 aliphatic heterocycles. The Kier molecular flexibility index (Phi) is 5.72. The van der Waals surface area contributed by atoms with Crippen molar-refractivity contribution in [3.8, 4) is 11.5 Å². The molecule has 2 aromatic carbocycles. The number of benzene rings is 2. The summed E-state index contributed by atoms with van der Waals surface area (Å²) in [6, 6.07) is 8.77. The maximum absolute atomic E-state index is 6.67. The van der Waals surface area contributed by atoms with E-state index in [1.165, 1.54) is 59.6 Å². The number of rotatable bonds is 4. The standard InChI is InChI=1S/C28H39N3O2/c1-19-20(2)26-24(27(28(4,5)33-26)31-12-7-8-13-31)21(3)25(19)30-16-14-29(15-17-30)22-10-9-11-23(18-22)32-6/h9-11,18,27H,7-8,12-17H2,1-6H3. The molecule has 0 saturated carbocycles. The predicted molar refractivity (Wildman–Crippen MR) is 136 cm³/mol. The lowest BCUT2D eigenvalue weighted by Gasteiger charge is -2.40. The number of methoxy groups -OCH3 is 1. The van der Waals surface area contributed by atoms with Crippen LogP contribution in [-0.4, -0.2) is 56.9 Å². The van der Waals surface area contributed by atoms with Crippen LogP contribution < -0.4 is 19.3 Å². The predicted octanol–water partition coefficient (Wildman–Crippen LogP) is 5.25. The van der Waals surface area contributed by atoms with Gasteiger partial charge < -0.3 is 19.3 Å². The van der Waals surface area contributed by atoms with Gasteiger partial charge in [0.15, 0.2) is 0 Å². The summed E-state index contributed by atoms with van der Waals surface area (Å²) in [7, 11) is 1.74. The number of piperazine rings is 1. The molecule has 5 nitrogen and oxygen atoms in total. The second kappa shape index (κ2) is 8.43. The smallest absolute Gasteiger partial charge is 0.128 e. The molecule has 0 spiro atoms. The molecule has 0 amide bonds. The minimum absolute atomic E-state index is 0.196. The van der Waals surface area contributed by atoms with E-state index in [2.05, 4.69) is 67.5 Å². The summed E-state index contributed by atoms with van der Waals surface area (Å²) in [5, 5.41) is 0. The van der Waals surface area contributed by atoms with Crippen molar-refractivity contribution < 1.29 is 9.47 Å². The van der Waals surface area contributed by atoms with Gasteiger partial charge in [0.2, 0.25) is 0 Å². The van der Waals surface area contributed by atoms with Crippen molar-refractivity contribution in [3.63, 3.8) is 0 Å². The molecule has 1 unspecified atom stereocenters. The third kappa shape index (κ3) is 3.74. The van der Waals surface area contributed by atoms with Crippen LogP contribution in [0.3, 0.4) is 0 Å². The van der Waals surface area contributed by atoms with Crippen molar-refractivity contribution in [2.75, 3.05) is 56.2 Å². The molecule has 2 fully saturated rings. The number of ether oxygens (including phenoxy) is 2. The average Bonchev–Trinajstić information content (AvgIpc) is 3.43. The van der Waals surface area contributed by atoms with E-state index in [-0.39, 0.29) is 5.60 Å². The van der Waals surface area contributed by atoms with Crippen molar-refractivity contribution in [1.29, 1.82) is 0 Å². The Morgan fingerprint density at radius 3 is 2.21 bits per heavy atom. The van der Waals surface area contributed by atoms with E-state index in [0.717, 1.165) is 37.7 Å². The Hall–Kier alpha value is -2.40. The first-order chi connectivity index (χ1) is 15.8. The van der Waals surface area contributed by atoms with Crippen LogP contribution in [0.2, 0.25) is 0 Å². The van der Waals surface area contributed by atoms with Crippen LogP contribution in [-0.2, 0) is 0 Å². The number of hydrogen-bond donors (Lipinski definition) is 0. The van der Waals surface area contributed by atoms with Crippen molar-refractivity contribution in [2.45, 2.75) is 59.1 Å². The van der Waals surface area contributed by atoms with Crippen LogP contribution in [0.25, 0.3) is 0 Å². The van der Waals surface area contributed by atoms with E-state index < -0.39 is 0 Å². The lowest BCUT2D eigenvalue weighted by atomic mass is 9.87. The second-order valence-electron chi connectivity index (χ2n) is 10.5. The van der Waals surface area contributed by atoms with Crippen LogP contribution in [0.4, 0.5) is 11.4 Å². The second-order valence-corrected chi connectivity index (χ2v) is 10.5. The number of likely N-dealkylation sites (tertiary alicyclic amines) is 1. The van der Waals surface area contributed by atoms with Gasteiger partial charge in [-0.3, -0.25) is 4.90 Å². The van der Waals surface area contributed by atoms with E-state index in [1.54, 1.807) is 7.11 Å². The molecule has 3 aliphatic rings. The highest BCUT2D eigenvalue weighted by molar-refractivity contribution is 5.71. The summed E-state index contributed by atoms with van der Waals surface area (Å²) in [6.07, 6.45) is 2.59. The maximum atomic E-state index is 6.67. The maximum Gasteiger partial charge on any atom is 0.128 e. The van der Waals surface area contributed by atoms with Gasteiger partial charge >= 0.3 is 0 Å². The van der Waals surface area contributed by atoms with Gasteiger partial charge in [-0.25, -0.2) is 0 Å². The van der Waals surface area contributed by atoms with Crippen LogP contribution in [0.15, 0.2) is 24.3 Å². The molecule has 0 aromatic heterocycles. The quantitative estimate of drug-likeness (QED) is 0.635. The summed E-state index contributed by atoms with van der Waals surface area (Å²) in [6.45, 7) is 17.9. The van der Waals surface area contributed by atoms with Crippen LogP contribution in [0, 0.1) is 20.8 Å². The molecule has 1 atom stereocenters. The van der Waals surface area contributed by atoms with E-state index >= 15 is 0 Å². The minimum atomic E-state index is -0.196. The van der Waals surface area contributed by atoms with Gasteiger partial charge in [0.1, 0.15) is 17.1 Å². The largest absolute Gasteiger partial charge is 0.497 e. The summed E-state index contributed by atoms with van der Waals surface area (Å²) in [5.41, 5.74) is 8.03. The minimum Gasteiger partial charge on any atom is -0.497 e. The number of hydrogen-bond acceptors (Lipinski definition) is 5. The van der Waals surface area contributed by atoms with Gasteiger partial charge in [-0.1, -0.05) is 6.07 Å². The van der Waals surface area contributed by atoms with Crippen molar-refractivity contribution in [2.24, 2.45) is 0 Å². The Labute approximate surface area is 199 Å². The third-order valence-corrected chi connectivity index (χ3v) is 8.08. The molecule has 5 heteroatoms. The van der Waals surface area contributed by atoms with Crippen molar-refractivity contribution in [1.82, 2.24) is 4.90 Å². The molecule has 0 aliphatic carbocycles. The first kappa shape index (κ1) is 22.4. The van der Waals surface area contributed by atoms with Crippen molar-refractivity contribution >= 4 is 11.4 Å². The Balaban J connectivity index is 1.45. The van der Waals surface area contributed by atoms with E-state index in [9.17, 15) is 0 Å². The molecule has 5 rings (SSSR count). The molecule has 0 N–H and O–H groups in total. The van der Waals surface area contributed by atoms with Gasteiger partial charge in [0.25, 0.3) is 0 Å². The number of anilines is 2. The van der Waals surface area contributed by atoms with Gasteiger partial charge in [0, 0.05) is 49.2 Å². The van der Waals surface area contributed by atoms with Crippen molar-refractivity contribution in [3.05, 3.63) is 46.5 Å². The Morgan fingerprint density at radius 1 is 0.879 bits per heavy atom. The molecule has 178 valence electrons. The normalized spacial score (nSPS) is 22.4. The van der Waals surface area contributed by atoms with Gasteiger partial charge in [-0.15, -0.1) is 0 Å². The third-order valence-electron chi connectivity index (χ3n) is 8.08. The summed E-state index contributed by atoms with van der Waals surface area (Å²) in [5.74, 6) is 2.07. The highest BCUT2D eigenvalue weighted by atomic mass is 16.5. The number of nitrogens with zero attached hydrogens (tertiary/aromatic N) is 3. The fraction of sp³-hybridized carbons (Fsp3) is 0.571. The first-order valence-corrected chi connectivity index (χ1v) is 12.5. The molecule has 2 aromatic rings. The zero-order valence-electron chi connectivity index (χ0n) is 21.2. The lowest BCUT2D eigenvalue weighted by Crippen LogP contribution is -2.47. The van der Waals surface area contributed by atoms with E-state index in [1.807, 2.05) is 6.07 Å². The molecular formula is C28H39N3O2. The molecule has 33 heavy (non-hydrogen) atoms. The Bertz CT molecular complexity index is 1030. The lowest BCUT2D eigenvalue weighted by molar-refractivity contribution is 0.0396. The fourth-order valence-electron chi connectivity index (χ4n) is 6.35. The van der Waals surface area contributed by atoms with Gasteiger partial charge in [-0.2, -0.15) is 0 Å². The topological polar surface area (TPSA) is 28.2 Å². The average molecular weight is 450 g/mol. The van der Waals surface area contributed by atoms with Crippen LogP contribution >= 0.6 is 0 Å². The molecule has 2 saturated heterocycles. The first-order valence-electron chi connectivity index (χ1n) is 12.5. The molecule has 3 heterocycles. The van der Waals surface area contributed by atoms with Crippen LogP contribution in [0.1, 0.15) is 55.0 Å². The molecular weight excluding hydrogens is 410 g/mol. The zero-order chi connectivity index (χ0) is 23.3. The molecule has 0 radical (unpaired) electrons. The fourth-order valence-corrected chi connectivity index (χ4v) is 6.35. The van der Waals surface area contributed by atoms with Crippen LogP contribution in [0.5, 0.6) is 11.5 Å². The summed E-state index contributed by atoms with van der Waals surface area (Å²) >= 11 is 0. The van der Waals surface area contributed by atoms with E-state index in [4.69, 9.17) is 9.47 Å². The Morgan fingerprint density at radius 2 is 1.55 bits per heavy atom. The van der Waals surface area contributed by atoms with Gasteiger partial charge in [0.05, 0.1) is 13.2 Å². The van der Waals surface area contributed by atoms with Gasteiger partial charge in [-0.05, 0) is 89.4 Å². The molecule has 0 bridgehead atoms. The highest BCUT2D eigenvalue weighted by Gasteiger charge is 2.47.